The molecule has 3 nitrogen and oxygen atoms in total. The number of unbranched alkanes of at least 4 members (excludes halogenated alkanes) is 1. The average Bonchev–Trinajstić information content (AvgIpc) is 2.01. The van der Waals surface area contributed by atoms with Gasteiger partial charge in [-0.3, -0.25) is 4.99 Å². The molecular formula is C9H21N3. The molecule has 72 valence electrons. The lowest BCUT2D eigenvalue weighted by Crippen LogP contribution is -2.38. The molecule has 12 heavy (non-hydrogen) atoms. The molecule has 0 aliphatic heterocycles. The molecule has 0 aliphatic rings. The highest BCUT2D eigenvalue weighted by Gasteiger charge is 2.05. The van der Waals surface area contributed by atoms with E-state index in [1.54, 1.807) is 0 Å². The zero-order valence-corrected chi connectivity index (χ0v) is 8.96. The Labute approximate surface area is 76.1 Å². The zero-order valence-electron chi connectivity index (χ0n) is 8.96. The second kappa shape index (κ2) is 5.86. The van der Waals surface area contributed by atoms with E-state index in [0.29, 0.717) is 0 Å². The second-order valence-electron chi connectivity index (χ2n) is 3.19. The summed E-state index contributed by atoms with van der Waals surface area (Å²) >= 11 is 0. The van der Waals surface area contributed by atoms with Gasteiger partial charge in [0.05, 0.1) is 0 Å². The molecule has 0 aliphatic carbocycles. The quantitative estimate of drug-likeness (QED) is 0.470. The number of nitrogens with zero attached hydrogens (tertiary/aromatic N) is 3. The Kier molecular flexibility index (Phi) is 5.51. The predicted molar refractivity (Wildman–Crippen MR) is 54.6 cm³/mol. The van der Waals surface area contributed by atoms with E-state index in [4.69, 9.17) is 0 Å². The van der Waals surface area contributed by atoms with Crippen molar-refractivity contribution < 1.29 is 0 Å². The highest BCUT2D eigenvalue weighted by molar-refractivity contribution is 5.79. The van der Waals surface area contributed by atoms with Crippen LogP contribution in [0.5, 0.6) is 0 Å². The number of rotatable bonds is 3. The van der Waals surface area contributed by atoms with Crippen LogP contribution in [0, 0.1) is 0 Å². The molecule has 0 radical (unpaired) electrons. The van der Waals surface area contributed by atoms with Gasteiger partial charge in [-0.05, 0) is 6.42 Å². The van der Waals surface area contributed by atoms with Gasteiger partial charge in [0.15, 0.2) is 5.96 Å². The molecule has 0 amide bonds. The summed E-state index contributed by atoms with van der Waals surface area (Å²) in [6.45, 7) is 3.29. The fraction of sp³-hybridized carbons (Fsp3) is 0.889. The number of hydrogen-bond acceptors (Lipinski definition) is 1. The molecule has 0 bridgehead atoms. The van der Waals surface area contributed by atoms with Gasteiger partial charge < -0.3 is 9.80 Å². The SMILES string of the molecule is CCCCN(C)/C(=N\C)N(C)C. The fourth-order valence-corrected chi connectivity index (χ4v) is 1.21. The first kappa shape index (κ1) is 11.3. The molecule has 0 spiro atoms. The zero-order chi connectivity index (χ0) is 9.56. The van der Waals surface area contributed by atoms with Crippen molar-refractivity contribution in [3.05, 3.63) is 0 Å². The van der Waals surface area contributed by atoms with Gasteiger partial charge in [-0.25, -0.2) is 0 Å². The van der Waals surface area contributed by atoms with Crippen LogP contribution in [-0.2, 0) is 0 Å². The van der Waals surface area contributed by atoms with Crippen LogP contribution in [0.2, 0.25) is 0 Å². The largest absolute Gasteiger partial charge is 0.349 e. The van der Waals surface area contributed by atoms with Crippen LogP contribution in [0.3, 0.4) is 0 Å². The third-order valence-electron chi connectivity index (χ3n) is 1.79. The molecule has 0 N–H and O–H groups in total. The summed E-state index contributed by atoms with van der Waals surface area (Å²) < 4.78 is 0. The first-order valence-electron chi connectivity index (χ1n) is 4.48. The van der Waals surface area contributed by atoms with Crippen molar-refractivity contribution in [3.63, 3.8) is 0 Å². The molecule has 0 aromatic carbocycles. The van der Waals surface area contributed by atoms with Crippen molar-refractivity contribution in [3.8, 4) is 0 Å². The molecule has 0 fully saturated rings. The van der Waals surface area contributed by atoms with Crippen LogP contribution in [0.4, 0.5) is 0 Å². The maximum atomic E-state index is 4.21. The molecule has 3 heteroatoms. The van der Waals surface area contributed by atoms with Gasteiger partial charge in [0.25, 0.3) is 0 Å². The maximum Gasteiger partial charge on any atom is 0.195 e. The summed E-state index contributed by atoms with van der Waals surface area (Å²) in [5.74, 6) is 1.04. The first-order chi connectivity index (χ1) is 5.63. The Balaban J connectivity index is 3.96. The lowest BCUT2D eigenvalue weighted by atomic mass is 10.3. The average molecular weight is 171 g/mol. The normalized spacial score (nSPS) is 11.6. The molecule has 0 rings (SSSR count). The molecule has 0 saturated heterocycles. The van der Waals surface area contributed by atoms with Crippen LogP contribution in [0.1, 0.15) is 19.8 Å². The van der Waals surface area contributed by atoms with E-state index < -0.39 is 0 Å². The predicted octanol–water partition coefficient (Wildman–Crippen LogP) is 1.27. The Hall–Kier alpha value is -0.730. The Bertz CT molecular complexity index is 141. The van der Waals surface area contributed by atoms with E-state index in [2.05, 4.69) is 23.9 Å². The number of guanidine groups is 1. The Morgan fingerprint density at radius 3 is 2.17 bits per heavy atom. The van der Waals surface area contributed by atoms with Crippen LogP contribution < -0.4 is 0 Å². The van der Waals surface area contributed by atoms with E-state index in [1.807, 2.05) is 26.0 Å². The van der Waals surface area contributed by atoms with Gasteiger partial charge in [-0.1, -0.05) is 13.3 Å². The Morgan fingerprint density at radius 2 is 1.83 bits per heavy atom. The monoisotopic (exact) mass is 171 g/mol. The molecular weight excluding hydrogens is 150 g/mol. The van der Waals surface area contributed by atoms with Crippen molar-refractivity contribution >= 4 is 5.96 Å². The Morgan fingerprint density at radius 1 is 1.25 bits per heavy atom. The molecule has 0 saturated carbocycles. The molecule has 0 atom stereocenters. The van der Waals surface area contributed by atoms with Gasteiger partial charge in [-0.15, -0.1) is 0 Å². The summed E-state index contributed by atoms with van der Waals surface area (Å²) in [5.41, 5.74) is 0. The van der Waals surface area contributed by atoms with E-state index in [0.717, 1.165) is 12.5 Å². The highest BCUT2D eigenvalue weighted by atomic mass is 15.3. The van der Waals surface area contributed by atoms with E-state index >= 15 is 0 Å². The van der Waals surface area contributed by atoms with E-state index in [-0.39, 0.29) is 0 Å². The summed E-state index contributed by atoms with van der Waals surface area (Å²) in [4.78, 5) is 8.43. The first-order valence-corrected chi connectivity index (χ1v) is 4.48. The standard InChI is InChI=1S/C9H21N3/c1-6-7-8-12(5)9(10-2)11(3)4/h6-8H2,1-5H3/b10-9-. The number of aliphatic imine (C=N–C) groups is 1. The van der Waals surface area contributed by atoms with Crippen LogP contribution in [0.25, 0.3) is 0 Å². The summed E-state index contributed by atoms with van der Waals surface area (Å²) in [6.07, 6.45) is 2.46. The maximum absolute atomic E-state index is 4.21. The summed E-state index contributed by atoms with van der Waals surface area (Å²) in [6, 6.07) is 0. The minimum absolute atomic E-state index is 1.04. The van der Waals surface area contributed by atoms with Crippen molar-refractivity contribution in [2.75, 3.05) is 34.7 Å². The van der Waals surface area contributed by atoms with Crippen molar-refractivity contribution in [1.82, 2.24) is 9.80 Å². The van der Waals surface area contributed by atoms with Crippen LogP contribution in [-0.4, -0.2) is 50.5 Å². The topological polar surface area (TPSA) is 18.8 Å². The minimum atomic E-state index is 1.04. The van der Waals surface area contributed by atoms with E-state index in [1.165, 1.54) is 12.8 Å². The molecule has 0 heterocycles. The van der Waals surface area contributed by atoms with Gasteiger partial charge in [-0.2, -0.15) is 0 Å². The lowest BCUT2D eigenvalue weighted by molar-refractivity contribution is 0.414. The molecule has 0 unspecified atom stereocenters. The van der Waals surface area contributed by atoms with Crippen molar-refractivity contribution in [1.29, 1.82) is 0 Å². The third kappa shape index (κ3) is 3.60. The van der Waals surface area contributed by atoms with Crippen molar-refractivity contribution in [2.45, 2.75) is 19.8 Å². The summed E-state index contributed by atoms with van der Waals surface area (Å²) in [7, 11) is 7.95. The van der Waals surface area contributed by atoms with Gasteiger partial charge in [0, 0.05) is 34.7 Å². The second-order valence-corrected chi connectivity index (χ2v) is 3.19. The van der Waals surface area contributed by atoms with Gasteiger partial charge in [0.2, 0.25) is 0 Å². The van der Waals surface area contributed by atoms with Crippen LogP contribution in [0.15, 0.2) is 4.99 Å². The van der Waals surface area contributed by atoms with Gasteiger partial charge in [0.1, 0.15) is 0 Å². The number of hydrogen-bond donors (Lipinski definition) is 0. The minimum Gasteiger partial charge on any atom is -0.349 e. The molecule has 0 aromatic heterocycles. The van der Waals surface area contributed by atoms with Crippen molar-refractivity contribution in [2.24, 2.45) is 4.99 Å². The third-order valence-corrected chi connectivity index (χ3v) is 1.79. The molecule has 0 aromatic rings. The van der Waals surface area contributed by atoms with Crippen LogP contribution >= 0.6 is 0 Å². The summed E-state index contributed by atoms with van der Waals surface area (Å²) in [5, 5.41) is 0. The fourth-order valence-electron chi connectivity index (χ4n) is 1.21. The smallest absolute Gasteiger partial charge is 0.195 e. The lowest BCUT2D eigenvalue weighted by Gasteiger charge is -2.25. The highest BCUT2D eigenvalue weighted by Crippen LogP contribution is 1.95. The van der Waals surface area contributed by atoms with Gasteiger partial charge >= 0.3 is 0 Å². The van der Waals surface area contributed by atoms with E-state index in [9.17, 15) is 0 Å².